The Morgan fingerprint density at radius 2 is 1.41 bits per heavy atom. The number of benzene rings is 3. The first-order valence-corrected chi connectivity index (χ1v) is 13.2. The summed E-state index contributed by atoms with van der Waals surface area (Å²) in [4.78, 5) is 21.8. The summed E-state index contributed by atoms with van der Waals surface area (Å²) in [5.41, 5.74) is 1.96. The number of sulfonamides is 1. The Balaban J connectivity index is 1.49. The second-order valence-corrected chi connectivity index (χ2v) is 10.4. The number of amides is 1. The van der Waals surface area contributed by atoms with Crippen molar-refractivity contribution in [3.63, 3.8) is 0 Å². The van der Waals surface area contributed by atoms with Crippen molar-refractivity contribution in [3.05, 3.63) is 113 Å². The molecule has 0 saturated heterocycles. The molecule has 2 heterocycles. The number of carbonyl (C=O) groups excluding carboxylic acids is 1. The van der Waals surface area contributed by atoms with Crippen LogP contribution in [0.1, 0.15) is 10.4 Å². The maximum absolute atomic E-state index is 13.1. The molecule has 5 aromatic rings. The number of nitrogens with zero attached hydrogens (tertiary/aromatic N) is 3. The summed E-state index contributed by atoms with van der Waals surface area (Å²) in [5, 5.41) is 3.55. The summed E-state index contributed by atoms with van der Waals surface area (Å²) < 4.78 is 30.3. The molecule has 0 unspecified atom stereocenters. The Hall–Kier alpha value is -4.05. The second kappa shape index (κ2) is 10.1. The van der Waals surface area contributed by atoms with Crippen molar-refractivity contribution in [2.24, 2.45) is 0 Å². The summed E-state index contributed by atoms with van der Waals surface area (Å²) in [6.07, 6.45) is 3.28. The molecule has 0 aliphatic carbocycles. The van der Waals surface area contributed by atoms with Gasteiger partial charge in [-0.3, -0.25) is 9.52 Å². The van der Waals surface area contributed by atoms with E-state index in [2.05, 4.69) is 20.0 Å². The SMILES string of the molecule is O=C(Nc1cc[n+](-c2nc3ccccc3nc2NS(=O)(=O)c2ccc(Cl)cc2)cc1)c1ccccc1Cl. The van der Waals surface area contributed by atoms with Crippen LogP contribution in [0.2, 0.25) is 10.0 Å². The van der Waals surface area contributed by atoms with E-state index >= 15 is 0 Å². The number of hydrogen-bond donors (Lipinski definition) is 2. The van der Waals surface area contributed by atoms with E-state index in [0.717, 1.165) is 0 Å². The number of rotatable bonds is 6. The number of para-hydroxylation sites is 2. The predicted octanol–water partition coefficient (Wildman–Crippen LogP) is 5.27. The van der Waals surface area contributed by atoms with Gasteiger partial charge in [0.2, 0.25) is 11.3 Å². The summed E-state index contributed by atoms with van der Waals surface area (Å²) in [6, 6.07) is 23.0. The van der Waals surface area contributed by atoms with E-state index in [0.29, 0.717) is 32.3 Å². The largest absolute Gasteiger partial charge is 0.372 e. The van der Waals surface area contributed by atoms with Crippen molar-refractivity contribution in [3.8, 4) is 5.82 Å². The quantitative estimate of drug-likeness (QED) is 0.280. The van der Waals surface area contributed by atoms with E-state index < -0.39 is 10.0 Å². The third-order valence-electron chi connectivity index (χ3n) is 5.36. The van der Waals surface area contributed by atoms with Crippen molar-refractivity contribution in [2.45, 2.75) is 4.90 Å². The summed E-state index contributed by atoms with van der Waals surface area (Å²) in [7, 11) is -3.98. The highest BCUT2D eigenvalue weighted by molar-refractivity contribution is 7.92. The van der Waals surface area contributed by atoms with Gasteiger partial charge in [0.15, 0.2) is 0 Å². The lowest BCUT2D eigenvalue weighted by molar-refractivity contribution is -0.598. The Bertz CT molecular complexity index is 1730. The number of aromatic nitrogens is 3. The lowest BCUT2D eigenvalue weighted by Gasteiger charge is -2.10. The maximum Gasteiger partial charge on any atom is 0.372 e. The van der Waals surface area contributed by atoms with Gasteiger partial charge in [0.1, 0.15) is 5.52 Å². The fourth-order valence-corrected chi connectivity index (χ4v) is 4.89. The highest BCUT2D eigenvalue weighted by atomic mass is 35.5. The lowest BCUT2D eigenvalue weighted by Crippen LogP contribution is -2.33. The molecule has 3 aromatic carbocycles. The van der Waals surface area contributed by atoms with Crippen LogP contribution < -0.4 is 14.6 Å². The molecule has 0 bridgehead atoms. The average Bonchev–Trinajstić information content (AvgIpc) is 2.89. The number of halogens is 2. The molecule has 2 aromatic heterocycles. The summed E-state index contributed by atoms with van der Waals surface area (Å²) in [5.74, 6) is -0.0722. The van der Waals surface area contributed by atoms with Gasteiger partial charge in [0.25, 0.3) is 15.9 Å². The van der Waals surface area contributed by atoms with Gasteiger partial charge in [-0.15, -0.1) is 0 Å². The molecule has 0 aliphatic heterocycles. The van der Waals surface area contributed by atoms with E-state index in [1.54, 1.807) is 71.6 Å². The van der Waals surface area contributed by atoms with Crippen LogP contribution in [0.15, 0.2) is 102 Å². The lowest BCUT2D eigenvalue weighted by atomic mass is 10.2. The highest BCUT2D eigenvalue weighted by Crippen LogP contribution is 2.22. The van der Waals surface area contributed by atoms with Crippen molar-refractivity contribution >= 4 is 61.7 Å². The van der Waals surface area contributed by atoms with Crippen molar-refractivity contribution in [1.29, 1.82) is 0 Å². The molecule has 184 valence electrons. The van der Waals surface area contributed by atoms with Gasteiger partial charge in [-0.2, -0.15) is 4.57 Å². The van der Waals surface area contributed by atoms with E-state index in [4.69, 9.17) is 23.2 Å². The normalized spacial score (nSPS) is 11.3. The number of hydrogen-bond acceptors (Lipinski definition) is 5. The van der Waals surface area contributed by atoms with Gasteiger partial charge in [-0.25, -0.2) is 13.4 Å². The fourth-order valence-electron chi connectivity index (χ4n) is 3.53. The van der Waals surface area contributed by atoms with E-state index in [1.165, 1.54) is 24.3 Å². The maximum atomic E-state index is 13.1. The Labute approximate surface area is 222 Å². The zero-order chi connectivity index (χ0) is 26.0. The minimum atomic E-state index is -3.98. The molecule has 0 spiro atoms. The number of carbonyl (C=O) groups is 1. The molecular weight excluding hydrogens is 533 g/mol. The standard InChI is InChI=1S/C26H17Cl2N5O3S/c27-17-9-11-19(12-10-17)37(35,36)32-24-25(31-23-8-4-3-7-22(23)30-24)33-15-13-18(14-16-33)29-26(34)20-5-1-2-6-21(20)28/h1-16H,(H,30,32)/p+1. The molecule has 0 radical (unpaired) electrons. The van der Waals surface area contributed by atoms with Crippen LogP contribution in [0, 0.1) is 0 Å². The number of nitrogens with one attached hydrogen (secondary N) is 2. The molecule has 2 N–H and O–H groups in total. The molecule has 5 rings (SSSR count). The average molecular weight is 551 g/mol. The summed E-state index contributed by atoms with van der Waals surface area (Å²) >= 11 is 12.0. The highest BCUT2D eigenvalue weighted by Gasteiger charge is 2.25. The first-order valence-electron chi connectivity index (χ1n) is 10.9. The minimum Gasteiger partial charge on any atom is -0.322 e. The van der Waals surface area contributed by atoms with Crippen LogP contribution in [-0.4, -0.2) is 24.3 Å². The zero-order valence-corrected chi connectivity index (χ0v) is 21.3. The van der Waals surface area contributed by atoms with E-state index in [1.807, 2.05) is 6.07 Å². The molecule has 8 nitrogen and oxygen atoms in total. The topological polar surface area (TPSA) is 105 Å². The first-order chi connectivity index (χ1) is 17.8. The van der Waals surface area contributed by atoms with E-state index in [9.17, 15) is 13.2 Å². The van der Waals surface area contributed by atoms with Crippen molar-refractivity contribution in [1.82, 2.24) is 9.97 Å². The van der Waals surface area contributed by atoms with Gasteiger partial charge in [0, 0.05) is 22.8 Å². The second-order valence-electron chi connectivity index (χ2n) is 7.87. The Morgan fingerprint density at radius 1 is 0.784 bits per heavy atom. The predicted molar refractivity (Wildman–Crippen MR) is 143 cm³/mol. The molecule has 0 fully saturated rings. The molecule has 11 heteroatoms. The van der Waals surface area contributed by atoms with Gasteiger partial charge in [-0.05, 0) is 53.5 Å². The molecule has 1 amide bonds. The molecule has 0 aliphatic rings. The molecular formula is C26H18Cl2N5O3S+. The first kappa shape index (κ1) is 24.6. The van der Waals surface area contributed by atoms with Crippen LogP contribution >= 0.6 is 23.2 Å². The third kappa shape index (κ3) is 5.39. The minimum absolute atomic E-state index is 0.0282. The van der Waals surface area contributed by atoms with Crippen LogP contribution in [0.3, 0.4) is 0 Å². The molecule has 37 heavy (non-hydrogen) atoms. The molecule has 0 saturated carbocycles. The Morgan fingerprint density at radius 3 is 2.08 bits per heavy atom. The number of pyridine rings is 1. The summed E-state index contributed by atoms with van der Waals surface area (Å²) in [6.45, 7) is 0. The third-order valence-corrected chi connectivity index (χ3v) is 7.29. The molecule has 0 atom stereocenters. The smallest absolute Gasteiger partial charge is 0.322 e. The van der Waals surface area contributed by atoms with E-state index in [-0.39, 0.29) is 22.4 Å². The van der Waals surface area contributed by atoms with Crippen LogP contribution in [0.5, 0.6) is 0 Å². The van der Waals surface area contributed by atoms with Crippen LogP contribution in [0.4, 0.5) is 11.5 Å². The van der Waals surface area contributed by atoms with Crippen molar-refractivity contribution < 1.29 is 17.8 Å². The van der Waals surface area contributed by atoms with Gasteiger partial charge in [0.05, 0.1) is 27.9 Å². The van der Waals surface area contributed by atoms with Gasteiger partial charge in [-0.1, -0.05) is 47.5 Å². The monoisotopic (exact) mass is 550 g/mol. The van der Waals surface area contributed by atoms with Crippen LogP contribution in [0.25, 0.3) is 16.9 Å². The van der Waals surface area contributed by atoms with Crippen LogP contribution in [-0.2, 0) is 10.0 Å². The number of fused-ring (bicyclic) bond motifs is 1. The van der Waals surface area contributed by atoms with Crippen molar-refractivity contribution in [2.75, 3.05) is 10.0 Å². The Kier molecular flexibility index (Phi) is 6.75. The van der Waals surface area contributed by atoms with Gasteiger partial charge >= 0.3 is 5.82 Å². The van der Waals surface area contributed by atoms with Gasteiger partial charge < -0.3 is 5.32 Å². The number of anilines is 2. The fraction of sp³-hybridized carbons (Fsp3) is 0. The zero-order valence-electron chi connectivity index (χ0n) is 19.0.